The minimum absolute atomic E-state index is 0.324. The Morgan fingerprint density at radius 2 is 1.12 bits per heavy atom. The summed E-state index contributed by atoms with van der Waals surface area (Å²) in [5.41, 5.74) is 0. The summed E-state index contributed by atoms with van der Waals surface area (Å²) in [6, 6.07) is 0. The molecular weight excluding hydrogens is 274 g/mol. The van der Waals surface area contributed by atoms with Gasteiger partial charge in [0.25, 0.3) is 0 Å². The molecule has 0 saturated carbocycles. The van der Waals surface area contributed by atoms with Gasteiger partial charge in [0.15, 0.2) is 0 Å². The van der Waals surface area contributed by atoms with E-state index in [0.29, 0.717) is 6.92 Å². The minimum Gasteiger partial charge on any atom is -0.203 e. The van der Waals surface area contributed by atoms with Crippen LogP contribution in [0.25, 0.3) is 0 Å². The number of hydrogen-bond donors (Lipinski definition) is 0. The molecule has 0 N–H and O–H groups in total. The SMILES string of the molecule is CCC(F)(F)C(F)(F)C(F)(F)C(F)(F)C(F)F. The van der Waals surface area contributed by atoms with Gasteiger partial charge in [-0.1, -0.05) is 6.92 Å². The Balaban J connectivity index is 5.61. The molecule has 0 heterocycles. The molecule has 10 heteroatoms. The van der Waals surface area contributed by atoms with Crippen LogP contribution in [0.4, 0.5) is 43.9 Å². The van der Waals surface area contributed by atoms with Crippen LogP contribution in [0.5, 0.6) is 0 Å². The molecule has 0 spiro atoms. The summed E-state index contributed by atoms with van der Waals surface area (Å²) in [6.07, 6.45) is -7.11. The minimum atomic E-state index is -6.87. The standard InChI is InChI=1S/C7H6F10/c1-2-4(10,11)6(14,15)7(16,17)5(12,13)3(8)9/h3H,2H2,1H3. The summed E-state index contributed by atoms with van der Waals surface area (Å²) >= 11 is 0. The Bertz CT molecular complexity index is 268. The van der Waals surface area contributed by atoms with E-state index in [1.54, 1.807) is 0 Å². The van der Waals surface area contributed by atoms with Gasteiger partial charge in [-0.2, -0.15) is 35.1 Å². The predicted octanol–water partition coefficient (Wildman–Crippen LogP) is 4.20. The highest BCUT2D eigenvalue weighted by molar-refractivity contribution is 5.04. The van der Waals surface area contributed by atoms with Crippen molar-refractivity contribution in [2.24, 2.45) is 0 Å². The van der Waals surface area contributed by atoms with Crippen molar-refractivity contribution in [3.05, 3.63) is 0 Å². The maximum Gasteiger partial charge on any atom is 0.384 e. The molecule has 0 aromatic rings. The molecule has 0 aromatic carbocycles. The second-order valence-corrected chi connectivity index (χ2v) is 3.13. The van der Waals surface area contributed by atoms with Crippen molar-refractivity contribution in [1.29, 1.82) is 0 Å². The first-order valence-electron chi connectivity index (χ1n) is 4.05. The van der Waals surface area contributed by atoms with Gasteiger partial charge in [-0.15, -0.1) is 0 Å². The first-order valence-corrected chi connectivity index (χ1v) is 4.05. The average Bonchev–Trinajstić information content (AvgIpc) is 2.16. The van der Waals surface area contributed by atoms with Crippen LogP contribution in [0.1, 0.15) is 13.3 Å². The van der Waals surface area contributed by atoms with Crippen molar-refractivity contribution >= 4 is 0 Å². The lowest BCUT2D eigenvalue weighted by molar-refractivity contribution is -0.383. The number of rotatable bonds is 5. The molecule has 0 radical (unpaired) electrons. The van der Waals surface area contributed by atoms with Crippen molar-refractivity contribution in [3.8, 4) is 0 Å². The van der Waals surface area contributed by atoms with Crippen molar-refractivity contribution in [2.45, 2.75) is 43.5 Å². The summed E-state index contributed by atoms with van der Waals surface area (Å²) < 4.78 is 122. The summed E-state index contributed by atoms with van der Waals surface area (Å²) in [5, 5.41) is 0. The van der Waals surface area contributed by atoms with Crippen molar-refractivity contribution in [2.75, 3.05) is 0 Å². The summed E-state index contributed by atoms with van der Waals surface area (Å²) in [6.45, 7) is 0.324. The number of alkyl halides is 10. The number of hydrogen-bond acceptors (Lipinski definition) is 0. The van der Waals surface area contributed by atoms with E-state index in [0.717, 1.165) is 0 Å². The Labute approximate surface area is 88.6 Å². The molecule has 0 amide bonds. The Hall–Kier alpha value is -0.700. The highest BCUT2D eigenvalue weighted by Gasteiger charge is 2.82. The number of halogens is 10. The van der Waals surface area contributed by atoms with Gasteiger partial charge < -0.3 is 0 Å². The zero-order chi connectivity index (χ0) is 14.3. The van der Waals surface area contributed by atoms with Crippen molar-refractivity contribution < 1.29 is 43.9 Å². The Kier molecular flexibility index (Phi) is 4.03. The quantitative estimate of drug-likeness (QED) is 0.662. The molecular formula is C7H6F10. The van der Waals surface area contributed by atoms with Gasteiger partial charge in [-0.05, 0) is 0 Å². The van der Waals surface area contributed by atoms with Gasteiger partial charge in [-0.3, -0.25) is 0 Å². The lowest BCUT2D eigenvalue weighted by atomic mass is 9.97. The van der Waals surface area contributed by atoms with Crippen LogP contribution < -0.4 is 0 Å². The third-order valence-electron chi connectivity index (χ3n) is 1.99. The van der Waals surface area contributed by atoms with Crippen LogP contribution in [0.15, 0.2) is 0 Å². The molecule has 0 aliphatic rings. The molecule has 17 heavy (non-hydrogen) atoms. The van der Waals surface area contributed by atoms with Gasteiger partial charge in [0, 0.05) is 6.42 Å². The highest BCUT2D eigenvalue weighted by Crippen LogP contribution is 2.54. The largest absolute Gasteiger partial charge is 0.384 e. The Morgan fingerprint density at radius 3 is 1.35 bits per heavy atom. The fourth-order valence-corrected chi connectivity index (χ4v) is 0.798. The average molecular weight is 280 g/mol. The van der Waals surface area contributed by atoms with Crippen LogP contribution in [-0.2, 0) is 0 Å². The highest BCUT2D eigenvalue weighted by atomic mass is 19.4. The van der Waals surface area contributed by atoms with E-state index in [1.165, 1.54) is 0 Å². The first kappa shape index (κ1) is 16.3. The molecule has 0 atom stereocenters. The fraction of sp³-hybridized carbons (Fsp3) is 1.00. The normalized spacial score (nSPS) is 15.5. The van der Waals surface area contributed by atoms with Gasteiger partial charge in [0.2, 0.25) is 0 Å². The third-order valence-corrected chi connectivity index (χ3v) is 1.99. The van der Waals surface area contributed by atoms with Crippen LogP contribution in [-0.4, -0.2) is 30.1 Å². The lowest BCUT2D eigenvalue weighted by Crippen LogP contribution is -2.64. The molecule has 0 aliphatic carbocycles. The molecule has 0 aliphatic heterocycles. The lowest BCUT2D eigenvalue weighted by Gasteiger charge is -2.35. The second kappa shape index (κ2) is 4.20. The van der Waals surface area contributed by atoms with Gasteiger partial charge in [0.05, 0.1) is 0 Å². The van der Waals surface area contributed by atoms with E-state index in [4.69, 9.17) is 0 Å². The second-order valence-electron chi connectivity index (χ2n) is 3.13. The van der Waals surface area contributed by atoms with Crippen molar-refractivity contribution in [1.82, 2.24) is 0 Å². The smallest absolute Gasteiger partial charge is 0.203 e. The molecule has 0 rings (SSSR count). The van der Waals surface area contributed by atoms with Crippen molar-refractivity contribution in [3.63, 3.8) is 0 Å². The molecule has 0 fully saturated rings. The van der Waals surface area contributed by atoms with Gasteiger partial charge >= 0.3 is 30.1 Å². The summed E-state index contributed by atoms with van der Waals surface area (Å²) in [5.74, 6) is -25.5. The molecule has 0 unspecified atom stereocenters. The van der Waals surface area contributed by atoms with E-state index in [-0.39, 0.29) is 0 Å². The summed E-state index contributed by atoms with van der Waals surface area (Å²) in [7, 11) is 0. The first-order chi connectivity index (χ1) is 7.25. The predicted molar refractivity (Wildman–Crippen MR) is 36.1 cm³/mol. The zero-order valence-corrected chi connectivity index (χ0v) is 8.06. The van der Waals surface area contributed by atoms with Crippen LogP contribution in [0, 0.1) is 0 Å². The van der Waals surface area contributed by atoms with Crippen LogP contribution in [0.2, 0.25) is 0 Å². The van der Waals surface area contributed by atoms with Crippen LogP contribution in [0.3, 0.4) is 0 Å². The third kappa shape index (κ3) is 2.17. The molecule has 0 saturated heterocycles. The molecule has 104 valence electrons. The van der Waals surface area contributed by atoms with Crippen LogP contribution >= 0.6 is 0 Å². The maximum atomic E-state index is 12.5. The monoisotopic (exact) mass is 280 g/mol. The van der Waals surface area contributed by atoms with E-state index >= 15 is 0 Å². The zero-order valence-electron chi connectivity index (χ0n) is 8.06. The summed E-state index contributed by atoms with van der Waals surface area (Å²) in [4.78, 5) is 0. The Morgan fingerprint density at radius 1 is 0.765 bits per heavy atom. The molecule has 0 nitrogen and oxygen atoms in total. The van der Waals surface area contributed by atoms with E-state index in [9.17, 15) is 43.9 Å². The van der Waals surface area contributed by atoms with E-state index in [1.807, 2.05) is 0 Å². The van der Waals surface area contributed by atoms with Gasteiger partial charge in [-0.25, -0.2) is 8.78 Å². The van der Waals surface area contributed by atoms with E-state index < -0.39 is 36.5 Å². The maximum absolute atomic E-state index is 12.5. The topological polar surface area (TPSA) is 0 Å². The fourth-order valence-electron chi connectivity index (χ4n) is 0.798. The molecule has 0 bridgehead atoms. The van der Waals surface area contributed by atoms with Gasteiger partial charge in [0.1, 0.15) is 0 Å². The van der Waals surface area contributed by atoms with E-state index in [2.05, 4.69) is 0 Å². The molecule has 0 aromatic heterocycles.